The predicted octanol–water partition coefficient (Wildman–Crippen LogP) is 7.02. The Morgan fingerprint density at radius 3 is 2.47 bits per heavy atom. The van der Waals surface area contributed by atoms with Gasteiger partial charge in [0.1, 0.15) is 5.60 Å². The molecule has 0 radical (unpaired) electrons. The summed E-state index contributed by atoms with van der Waals surface area (Å²) < 4.78 is 45.6. The van der Waals surface area contributed by atoms with Crippen LogP contribution in [0.15, 0.2) is 58.2 Å². The van der Waals surface area contributed by atoms with Gasteiger partial charge in [-0.15, -0.1) is 0 Å². The third-order valence-corrected chi connectivity index (χ3v) is 6.02. The summed E-state index contributed by atoms with van der Waals surface area (Å²) in [6.45, 7) is 5.10. The van der Waals surface area contributed by atoms with Crippen LogP contribution in [0.2, 0.25) is 0 Å². The minimum atomic E-state index is -4.52. The normalized spacial score (nSPS) is 15.2. The van der Waals surface area contributed by atoms with Crippen LogP contribution in [-0.4, -0.2) is 17.5 Å². The summed E-state index contributed by atoms with van der Waals surface area (Å²) in [7, 11) is 0. The van der Waals surface area contributed by atoms with Crippen molar-refractivity contribution in [2.75, 3.05) is 5.32 Å². The van der Waals surface area contributed by atoms with E-state index in [0.29, 0.717) is 34.1 Å². The van der Waals surface area contributed by atoms with Gasteiger partial charge in [0, 0.05) is 27.9 Å². The summed E-state index contributed by atoms with van der Waals surface area (Å²) in [6, 6.07) is 10.5. The Morgan fingerprint density at radius 1 is 1.14 bits per heavy atom. The molecule has 0 aromatic heterocycles. The third kappa shape index (κ3) is 6.88. The molecule has 1 aliphatic carbocycles. The standard InChI is InChI=1S/C26H25BrF3N3O3/c1-25(2,3)36-24(35)33-23(18-11-10-15(14-31)12-19(18)27)22-20(8-5-9-21(22)34)32-17-7-4-6-16(13-17)26(28,29)30/h4,6-7,10-13,23,32H,5,8-9H2,1-3H3,(H,33,35)/t23-/m1/s1. The number of halogens is 4. The second-order valence-corrected chi connectivity index (χ2v) is 10.2. The first kappa shape index (κ1) is 27.3. The van der Waals surface area contributed by atoms with Crippen LogP contribution in [0.5, 0.6) is 0 Å². The number of alkyl halides is 3. The molecule has 1 atom stereocenters. The highest BCUT2D eigenvalue weighted by Crippen LogP contribution is 2.37. The van der Waals surface area contributed by atoms with Gasteiger partial charge in [0.05, 0.1) is 23.2 Å². The Kier molecular flexibility index (Phi) is 8.14. The summed E-state index contributed by atoms with van der Waals surface area (Å²) in [5.74, 6) is -0.256. The van der Waals surface area contributed by atoms with E-state index in [1.807, 2.05) is 6.07 Å². The smallest absolute Gasteiger partial charge is 0.416 e. The zero-order chi connectivity index (χ0) is 26.7. The number of amides is 1. The number of nitrogens with zero attached hydrogens (tertiary/aromatic N) is 1. The van der Waals surface area contributed by atoms with Gasteiger partial charge in [-0.3, -0.25) is 4.79 Å². The SMILES string of the molecule is CC(C)(C)OC(=O)N[C@@H](C1=C(Nc2cccc(C(F)(F)F)c2)CCCC1=O)c1ccc(C#N)cc1Br. The van der Waals surface area contributed by atoms with Gasteiger partial charge >= 0.3 is 12.3 Å². The fourth-order valence-corrected chi connectivity index (χ4v) is 4.45. The van der Waals surface area contributed by atoms with E-state index in [-0.39, 0.29) is 23.5 Å². The van der Waals surface area contributed by atoms with Crippen molar-refractivity contribution in [2.24, 2.45) is 0 Å². The van der Waals surface area contributed by atoms with Crippen molar-refractivity contribution in [3.8, 4) is 6.07 Å². The molecular formula is C26H25BrF3N3O3. The van der Waals surface area contributed by atoms with E-state index >= 15 is 0 Å². The molecule has 0 bridgehead atoms. The quantitative estimate of drug-likeness (QED) is 0.407. The van der Waals surface area contributed by atoms with Gasteiger partial charge in [0.15, 0.2) is 5.78 Å². The lowest BCUT2D eigenvalue weighted by Crippen LogP contribution is -2.38. The summed E-state index contributed by atoms with van der Waals surface area (Å²) in [4.78, 5) is 26.0. The number of carbonyl (C=O) groups excluding carboxylic acids is 2. The minimum absolute atomic E-state index is 0.168. The second-order valence-electron chi connectivity index (χ2n) is 9.30. The number of allylic oxidation sites excluding steroid dienone is 1. The monoisotopic (exact) mass is 563 g/mol. The molecule has 6 nitrogen and oxygen atoms in total. The van der Waals surface area contributed by atoms with Gasteiger partial charge in [0.25, 0.3) is 0 Å². The van der Waals surface area contributed by atoms with Gasteiger partial charge in [-0.25, -0.2) is 4.79 Å². The molecule has 10 heteroatoms. The zero-order valence-corrected chi connectivity index (χ0v) is 21.5. The van der Waals surface area contributed by atoms with Crippen LogP contribution in [-0.2, 0) is 15.7 Å². The van der Waals surface area contributed by atoms with Crippen LogP contribution in [0.4, 0.5) is 23.7 Å². The Morgan fingerprint density at radius 2 is 1.86 bits per heavy atom. The maximum Gasteiger partial charge on any atom is 0.416 e. The molecule has 190 valence electrons. The number of ether oxygens (including phenoxy) is 1. The van der Waals surface area contributed by atoms with E-state index in [4.69, 9.17) is 4.74 Å². The van der Waals surface area contributed by atoms with E-state index in [9.17, 15) is 28.0 Å². The Labute approximate surface area is 215 Å². The number of carbonyl (C=O) groups is 2. The number of benzene rings is 2. The lowest BCUT2D eigenvalue weighted by atomic mass is 9.86. The highest BCUT2D eigenvalue weighted by atomic mass is 79.9. The average Bonchev–Trinajstić information content (AvgIpc) is 2.76. The van der Waals surface area contributed by atoms with Gasteiger partial charge in [-0.2, -0.15) is 18.4 Å². The summed E-state index contributed by atoms with van der Waals surface area (Å²) >= 11 is 3.42. The number of nitriles is 1. The maximum atomic E-state index is 13.2. The molecule has 0 saturated heterocycles. The molecule has 0 saturated carbocycles. The number of ketones is 1. The molecule has 0 heterocycles. The van der Waals surface area contributed by atoms with Crippen LogP contribution in [0, 0.1) is 11.3 Å². The van der Waals surface area contributed by atoms with Crippen molar-refractivity contribution in [2.45, 2.75) is 57.9 Å². The number of Topliss-reactive ketones (excluding diaryl/α,β-unsaturated/α-hetero) is 1. The van der Waals surface area contributed by atoms with E-state index in [2.05, 4.69) is 26.6 Å². The van der Waals surface area contributed by atoms with Gasteiger partial charge in [0.2, 0.25) is 0 Å². The molecule has 2 aromatic carbocycles. The molecule has 0 fully saturated rings. The maximum absolute atomic E-state index is 13.2. The van der Waals surface area contributed by atoms with Crippen molar-refractivity contribution in [3.05, 3.63) is 74.9 Å². The van der Waals surface area contributed by atoms with Crippen LogP contribution >= 0.6 is 15.9 Å². The summed E-state index contributed by atoms with van der Waals surface area (Å²) in [5.41, 5.74) is 0.0248. The Balaban J connectivity index is 2.11. The molecular weight excluding hydrogens is 539 g/mol. The highest BCUT2D eigenvalue weighted by Gasteiger charge is 2.34. The van der Waals surface area contributed by atoms with Gasteiger partial charge in [-0.05, 0) is 69.5 Å². The van der Waals surface area contributed by atoms with E-state index < -0.39 is 29.5 Å². The molecule has 0 aliphatic heterocycles. The first-order chi connectivity index (χ1) is 16.8. The van der Waals surface area contributed by atoms with Gasteiger partial charge < -0.3 is 15.4 Å². The molecule has 3 rings (SSSR count). The number of anilines is 1. The van der Waals surface area contributed by atoms with E-state index in [0.717, 1.165) is 12.1 Å². The van der Waals surface area contributed by atoms with Crippen molar-refractivity contribution < 1.29 is 27.5 Å². The highest BCUT2D eigenvalue weighted by molar-refractivity contribution is 9.10. The zero-order valence-electron chi connectivity index (χ0n) is 19.9. The molecule has 2 aromatic rings. The van der Waals surface area contributed by atoms with Crippen LogP contribution in [0.25, 0.3) is 0 Å². The Bertz CT molecular complexity index is 1240. The van der Waals surface area contributed by atoms with Crippen molar-refractivity contribution in [3.63, 3.8) is 0 Å². The Hall–Kier alpha value is -3.32. The molecule has 0 unspecified atom stereocenters. The topological polar surface area (TPSA) is 91.2 Å². The number of hydrogen-bond acceptors (Lipinski definition) is 5. The first-order valence-electron chi connectivity index (χ1n) is 11.2. The van der Waals surface area contributed by atoms with Crippen LogP contribution in [0.1, 0.15) is 62.8 Å². The second kappa shape index (κ2) is 10.7. The first-order valence-corrected chi connectivity index (χ1v) is 12.0. The van der Waals surface area contributed by atoms with E-state index in [1.54, 1.807) is 39.0 Å². The van der Waals surface area contributed by atoms with Crippen LogP contribution in [0.3, 0.4) is 0 Å². The third-order valence-electron chi connectivity index (χ3n) is 5.33. The molecule has 0 spiro atoms. The number of hydrogen-bond donors (Lipinski definition) is 2. The fourth-order valence-electron chi connectivity index (χ4n) is 3.84. The lowest BCUT2D eigenvalue weighted by molar-refractivity contribution is -0.137. The van der Waals surface area contributed by atoms with Crippen molar-refractivity contribution >= 4 is 33.5 Å². The van der Waals surface area contributed by atoms with Crippen LogP contribution < -0.4 is 10.6 Å². The summed E-state index contributed by atoms with van der Waals surface area (Å²) in [6.07, 6.45) is -4.20. The van der Waals surface area contributed by atoms with Crippen molar-refractivity contribution in [1.82, 2.24) is 5.32 Å². The van der Waals surface area contributed by atoms with Gasteiger partial charge in [-0.1, -0.05) is 28.1 Å². The lowest BCUT2D eigenvalue weighted by Gasteiger charge is -2.30. The number of alkyl carbamates (subject to hydrolysis) is 1. The predicted molar refractivity (Wildman–Crippen MR) is 132 cm³/mol. The fraction of sp³-hybridized carbons (Fsp3) is 0.346. The largest absolute Gasteiger partial charge is 0.444 e. The minimum Gasteiger partial charge on any atom is -0.444 e. The number of nitrogens with one attached hydrogen (secondary N) is 2. The number of rotatable bonds is 5. The molecule has 36 heavy (non-hydrogen) atoms. The molecule has 1 aliphatic rings. The summed E-state index contributed by atoms with van der Waals surface area (Å²) in [5, 5.41) is 15.0. The van der Waals surface area contributed by atoms with E-state index in [1.165, 1.54) is 12.1 Å². The van der Waals surface area contributed by atoms with Crippen molar-refractivity contribution in [1.29, 1.82) is 5.26 Å². The average molecular weight is 564 g/mol. The molecule has 2 N–H and O–H groups in total. The molecule has 1 amide bonds.